The van der Waals surface area contributed by atoms with Gasteiger partial charge in [-0.1, -0.05) is 0 Å². The molecule has 0 aromatic carbocycles. The van der Waals surface area contributed by atoms with Crippen LogP contribution in [0.5, 0.6) is 0 Å². The van der Waals surface area contributed by atoms with E-state index < -0.39 is 0 Å². The molecule has 0 fully saturated rings. The Hall–Kier alpha value is -0.870. The van der Waals surface area contributed by atoms with E-state index in [0.29, 0.717) is 19.0 Å². The van der Waals surface area contributed by atoms with Crippen LogP contribution in [0.15, 0.2) is 10.6 Å². The van der Waals surface area contributed by atoms with Gasteiger partial charge >= 0.3 is 0 Å². The first-order valence-corrected chi connectivity index (χ1v) is 5.67. The van der Waals surface area contributed by atoms with E-state index in [9.17, 15) is 0 Å². The number of nitrogens with zero attached hydrogens (tertiary/aromatic N) is 1. The predicted molar refractivity (Wildman–Crippen MR) is 63.0 cm³/mol. The standard InChI is InChI=1S/C12H22N2O2/c1-9(2)15-8-10-6-13-11(16-10)7-14-12(3,4)5/h6,9,14H,7-8H2,1-5H3. The number of oxazole rings is 1. The van der Waals surface area contributed by atoms with Crippen molar-refractivity contribution < 1.29 is 9.15 Å². The molecule has 1 rings (SSSR count). The molecule has 0 radical (unpaired) electrons. The molecule has 1 aromatic rings. The largest absolute Gasteiger partial charge is 0.442 e. The quantitative estimate of drug-likeness (QED) is 0.838. The number of nitrogens with one attached hydrogen (secondary N) is 1. The normalized spacial score (nSPS) is 12.4. The highest BCUT2D eigenvalue weighted by Gasteiger charge is 2.11. The van der Waals surface area contributed by atoms with Crippen molar-refractivity contribution in [3.63, 3.8) is 0 Å². The number of aromatic nitrogens is 1. The van der Waals surface area contributed by atoms with Crippen LogP contribution in [0.25, 0.3) is 0 Å². The van der Waals surface area contributed by atoms with Crippen LogP contribution in [-0.4, -0.2) is 16.6 Å². The number of ether oxygens (including phenoxy) is 1. The predicted octanol–water partition coefficient (Wildman–Crippen LogP) is 2.49. The van der Waals surface area contributed by atoms with Crippen molar-refractivity contribution in [1.29, 1.82) is 0 Å². The summed E-state index contributed by atoms with van der Waals surface area (Å²) in [7, 11) is 0. The van der Waals surface area contributed by atoms with Gasteiger partial charge in [0, 0.05) is 5.54 Å². The van der Waals surface area contributed by atoms with E-state index in [-0.39, 0.29) is 11.6 Å². The molecular weight excluding hydrogens is 204 g/mol. The maximum absolute atomic E-state index is 5.53. The minimum Gasteiger partial charge on any atom is -0.442 e. The van der Waals surface area contributed by atoms with Crippen LogP contribution in [0.4, 0.5) is 0 Å². The molecule has 0 aliphatic heterocycles. The van der Waals surface area contributed by atoms with Crippen LogP contribution in [0.1, 0.15) is 46.3 Å². The Balaban J connectivity index is 2.39. The second-order valence-electron chi connectivity index (χ2n) is 5.18. The zero-order chi connectivity index (χ0) is 12.2. The summed E-state index contributed by atoms with van der Waals surface area (Å²) in [5.41, 5.74) is 0.0725. The fraction of sp³-hybridized carbons (Fsp3) is 0.750. The van der Waals surface area contributed by atoms with E-state index in [1.165, 1.54) is 0 Å². The van der Waals surface area contributed by atoms with Crippen LogP contribution < -0.4 is 5.32 Å². The van der Waals surface area contributed by atoms with Crippen molar-refractivity contribution in [3.05, 3.63) is 17.8 Å². The van der Waals surface area contributed by atoms with Gasteiger partial charge in [0.1, 0.15) is 12.4 Å². The van der Waals surface area contributed by atoms with Crippen LogP contribution in [0, 0.1) is 0 Å². The molecule has 0 saturated carbocycles. The van der Waals surface area contributed by atoms with Crippen molar-refractivity contribution in [1.82, 2.24) is 10.3 Å². The lowest BCUT2D eigenvalue weighted by Gasteiger charge is -2.18. The van der Waals surface area contributed by atoms with Gasteiger partial charge in [-0.05, 0) is 34.6 Å². The first kappa shape index (κ1) is 13.2. The van der Waals surface area contributed by atoms with Crippen LogP contribution >= 0.6 is 0 Å². The number of hydrogen-bond donors (Lipinski definition) is 1. The van der Waals surface area contributed by atoms with Gasteiger partial charge in [-0.15, -0.1) is 0 Å². The van der Waals surface area contributed by atoms with Gasteiger partial charge in [-0.25, -0.2) is 4.98 Å². The van der Waals surface area contributed by atoms with Crippen LogP contribution in [0.2, 0.25) is 0 Å². The van der Waals surface area contributed by atoms with Gasteiger partial charge in [-0.2, -0.15) is 0 Å². The van der Waals surface area contributed by atoms with E-state index in [2.05, 4.69) is 31.1 Å². The highest BCUT2D eigenvalue weighted by atomic mass is 16.5. The fourth-order valence-corrected chi connectivity index (χ4v) is 1.09. The van der Waals surface area contributed by atoms with E-state index in [4.69, 9.17) is 9.15 Å². The molecule has 4 nitrogen and oxygen atoms in total. The molecule has 1 heterocycles. The van der Waals surface area contributed by atoms with Crippen molar-refractivity contribution in [2.45, 2.75) is 59.4 Å². The molecule has 0 aliphatic rings. The summed E-state index contributed by atoms with van der Waals surface area (Å²) in [6.07, 6.45) is 1.93. The first-order valence-electron chi connectivity index (χ1n) is 5.67. The Bertz CT molecular complexity index is 313. The molecule has 1 N–H and O–H groups in total. The lowest BCUT2D eigenvalue weighted by atomic mass is 10.1. The smallest absolute Gasteiger partial charge is 0.208 e. The van der Waals surface area contributed by atoms with Gasteiger partial charge in [0.15, 0.2) is 0 Å². The highest BCUT2D eigenvalue weighted by Crippen LogP contribution is 2.08. The number of rotatable bonds is 5. The molecule has 0 aliphatic carbocycles. The lowest BCUT2D eigenvalue weighted by Crippen LogP contribution is -2.35. The zero-order valence-corrected chi connectivity index (χ0v) is 10.8. The Kier molecular flexibility index (Phi) is 4.50. The number of hydrogen-bond acceptors (Lipinski definition) is 4. The summed E-state index contributed by atoms with van der Waals surface area (Å²) in [6.45, 7) is 11.5. The van der Waals surface area contributed by atoms with Crippen LogP contribution in [-0.2, 0) is 17.9 Å². The maximum atomic E-state index is 5.53. The molecular formula is C12H22N2O2. The van der Waals surface area contributed by atoms with E-state index in [0.717, 1.165) is 5.76 Å². The van der Waals surface area contributed by atoms with Gasteiger partial charge < -0.3 is 14.5 Å². The molecule has 1 aromatic heterocycles. The van der Waals surface area contributed by atoms with Gasteiger partial charge in [-0.3, -0.25) is 0 Å². The van der Waals surface area contributed by atoms with Gasteiger partial charge in [0.05, 0.1) is 18.8 Å². The Morgan fingerprint density at radius 2 is 2.12 bits per heavy atom. The van der Waals surface area contributed by atoms with Crippen molar-refractivity contribution in [2.75, 3.05) is 0 Å². The first-order chi connectivity index (χ1) is 7.37. The fourth-order valence-electron chi connectivity index (χ4n) is 1.09. The summed E-state index contributed by atoms with van der Waals surface area (Å²) >= 11 is 0. The third kappa shape index (κ3) is 5.28. The van der Waals surface area contributed by atoms with Gasteiger partial charge in [0.25, 0.3) is 0 Å². The Morgan fingerprint density at radius 1 is 1.44 bits per heavy atom. The second-order valence-corrected chi connectivity index (χ2v) is 5.18. The van der Waals surface area contributed by atoms with Gasteiger partial charge in [0.2, 0.25) is 5.89 Å². The molecule has 16 heavy (non-hydrogen) atoms. The summed E-state index contributed by atoms with van der Waals surface area (Å²) in [4.78, 5) is 4.19. The van der Waals surface area contributed by atoms with E-state index in [1.54, 1.807) is 6.20 Å². The maximum Gasteiger partial charge on any atom is 0.208 e. The van der Waals surface area contributed by atoms with Crippen molar-refractivity contribution in [2.24, 2.45) is 0 Å². The van der Waals surface area contributed by atoms with Crippen molar-refractivity contribution >= 4 is 0 Å². The Labute approximate surface area is 97.4 Å². The summed E-state index contributed by atoms with van der Waals surface area (Å²) in [5, 5.41) is 3.32. The highest BCUT2D eigenvalue weighted by molar-refractivity contribution is 4.93. The Morgan fingerprint density at radius 3 is 2.69 bits per heavy atom. The van der Waals surface area contributed by atoms with Crippen molar-refractivity contribution in [3.8, 4) is 0 Å². The summed E-state index contributed by atoms with van der Waals surface area (Å²) < 4.78 is 11.0. The SMILES string of the molecule is CC(C)OCc1cnc(CNC(C)(C)C)o1. The molecule has 0 saturated heterocycles. The minimum atomic E-state index is 0.0725. The van der Waals surface area contributed by atoms with Crippen LogP contribution in [0.3, 0.4) is 0 Å². The lowest BCUT2D eigenvalue weighted by molar-refractivity contribution is 0.0538. The zero-order valence-electron chi connectivity index (χ0n) is 10.8. The average molecular weight is 226 g/mol. The minimum absolute atomic E-state index is 0.0725. The molecule has 0 bridgehead atoms. The molecule has 4 heteroatoms. The molecule has 0 atom stereocenters. The third-order valence-corrected chi connectivity index (χ3v) is 1.93. The monoisotopic (exact) mass is 226 g/mol. The van der Waals surface area contributed by atoms with E-state index in [1.807, 2.05) is 13.8 Å². The van der Waals surface area contributed by atoms with E-state index >= 15 is 0 Å². The molecule has 0 unspecified atom stereocenters. The topological polar surface area (TPSA) is 47.3 Å². The average Bonchev–Trinajstić information content (AvgIpc) is 2.58. The molecule has 0 amide bonds. The second kappa shape index (κ2) is 5.46. The molecule has 92 valence electrons. The summed E-state index contributed by atoms with van der Waals surface area (Å²) in [6, 6.07) is 0. The third-order valence-electron chi connectivity index (χ3n) is 1.93. The molecule has 0 spiro atoms. The summed E-state index contributed by atoms with van der Waals surface area (Å²) in [5.74, 6) is 1.48.